The second-order valence-electron chi connectivity index (χ2n) is 12.2. The van der Waals surface area contributed by atoms with E-state index in [4.69, 9.17) is 22.9 Å². The maximum Gasteiger partial charge on any atom is 0.255 e. The van der Waals surface area contributed by atoms with Crippen molar-refractivity contribution in [2.45, 2.75) is 63.0 Å². The predicted octanol–water partition coefficient (Wildman–Crippen LogP) is 6.15. The van der Waals surface area contributed by atoms with Gasteiger partial charge in [0.25, 0.3) is 11.8 Å². The minimum absolute atomic E-state index is 0.167. The lowest BCUT2D eigenvalue weighted by Crippen LogP contribution is -2.19. The van der Waals surface area contributed by atoms with Crippen LogP contribution in [-0.2, 0) is 16.6 Å². The summed E-state index contributed by atoms with van der Waals surface area (Å²) in [7, 11) is 0. The van der Waals surface area contributed by atoms with Gasteiger partial charge in [-0.25, -0.2) is 0 Å². The molecule has 0 atom stereocenters. The van der Waals surface area contributed by atoms with Crippen LogP contribution in [-0.4, -0.2) is 30.0 Å². The summed E-state index contributed by atoms with van der Waals surface area (Å²) in [4.78, 5) is 27.7. The van der Waals surface area contributed by atoms with Gasteiger partial charge in [0.2, 0.25) is 0 Å². The quantitative estimate of drug-likeness (QED) is 0.0907. The van der Waals surface area contributed by atoms with Crippen LogP contribution in [0.2, 0.25) is 0 Å². The van der Waals surface area contributed by atoms with Crippen molar-refractivity contribution in [1.82, 2.24) is 0 Å². The molecule has 0 radical (unpaired) electrons. The molecule has 3 rings (SSSR count). The average Bonchev–Trinajstić information content (AvgIpc) is 2.91. The van der Waals surface area contributed by atoms with Crippen molar-refractivity contribution < 1.29 is 9.59 Å². The van der Waals surface area contributed by atoms with E-state index in [1.165, 1.54) is 23.5 Å². The van der Waals surface area contributed by atoms with Gasteiger partial charge in [-0.3, -0.25) is 9.59 Å². The van der Waals surface area contributed by atoms with Gasteiger partial charge in [-0.05, 0) is 64.4 Å². The Hall–Kier alpha value is -3.18. The molecule has 0 bridgehead atoms. The number of benzene rings is 3. The Balaban J connectivity index is 1.93. The molecule has 42 heavy (non-hydrogen) atoms. The number of amides is 2. The maximum absolute atomic E-state index is 13.5. The molecule has 0 saturated heterocycles. The Labute approximate surface area is 258 Å². The van der Waals surface area contributed by atoms with Crippen LogP contribution in [0.3, 0.4) is 0 Å². The molecule has 0 aliphatic heterocycles. The molecule has 3 aromatic rings. The molecule has 0 saturated carbocycles. The molecule has 3 aromatic carbocycles. The van der Waals surface area contributed by atoms with Gasteiger partial charge >= 0.3 is 0 Å². The summed E-state index contributed by atoms with van der Waals surface area (Å²) in [5.41, 5.74) is 29.9. The summed E-state index contributed by atoms with van der Waals surface area (Å²) in [6, 6.07) is 14.4. The minimum Gasteiger partial charge on any atom is -0.398 e. The topological polar surface area (TPSA) is 162 Å². The highest BCUT2D eigenvalue weighted by molar-refractivity contribution is 7.99. The van der Waals surface area contributed by atoms with Crippen molar-refractivity contribution in [3.8, 4) is 0 Å². The van der Waals surface area contributed by atoms with Crippen molar-refractivity contribution >= 4 is 58.1 Å². The Bertz CT molecular complexity index is 1340. The molecule has 0 aromatic heterocycles. The van der Waals surface area contributed by atoms with E-state index in [9.17, 15) is 9.59 Å². The zero-order chi connectivity index (χ0) is 31.2. The molecule has 0 aliphatic rings. The average molecular weight is 609 g/mol. The third-order valence-corrected chi connectivity index (χ3v) is 8.66. The maximum atomic E-state index is 13.5. The van der Waals surface area contributed by atoms with Crippen LogP contribution in [0, 0.1) is 0 Å². The summed E-state index contributed by atoms with van der Waals surface area (Å²) >= 11 is 3.02. The van der Waals surface area contributed by atoms with Crippen molar-refractivity contribution in [2.75, 3.05) is 40.3 Å². The van der Waals surface area contributed by atoms with Crippen LogP contribution in [0.1, 0.15) is 78.9 Å². The van der Waals surface area contributed by atoms with Crippen LogP contribution in [0.4, 0.5) is 22.7 Å². The first-order chi connectivity index (χ1) is 19.6. The first kappa shape index (κ1) is 33.3. The van der Waals surface area contributed by atoms with Gasteiger partial charge in [0.15, 0.2) is 0 Å². The lowest BCUT2D eigenvalue weighted by atomic mass is 9.85. The molecule has 0 spiro atoms. The number of nitrogens with one attached hydrogen (secondary N) is 2. The summed E-state index contributed by atoms with van der Waals surface area (Å²) in [6.45, 7) is 13.0. The smallest absolute Gasteiger partial charge is 0.255 e. The Kier molecular flexibility index (Phi) is 11.0. The summed E-state index contributed by atoms with van der Waals surface area (Å²) < 4.78 is 0. The lowest BCUT2D eigenvalue weighted by molar-refractivity contribution is 0.102. The van der Waals surface area contributed by atoms with E-state index in [1.807, 2.05) is 24.3 Å². The zero-order valence-corrected chi connectivity index (χ0v) is 27.0. The first-order valence-electron chi connectivity index (χ1n) is 13.9. The molecule has 10 N–H and O–H groups in total. The molecule has 0 fully saturated rings. The van der Waals surface area contributed by atoms with Crippen LogP contribution in [0.15, 0.2) is 53.4 Å². The van der Waals surface area contributed by atoms with Crippen LogP contribution in [0.5, 0.6) is 0 Å². The third-order valence-electron chi connectivity index (χ3n) is 6.75. The molecule has 0 heterocycles. The van der Waals surface area contributed by atoms with E-state index in [0.29, 0.717) is 57.8 Å². The number of hydrogen-bond acceptors (Lipinski definition) is 8. The summed E-state index contributed by atoms with van der Waals surface area (Å²) in [5.74, 6) is 0.967. The van der Waals surface area contributed by atoms with Gasteiger partial charge in [-0.1, -0.05) is 47.6 Å². The van der Waals surface area contributed by atoms with Crippen molar-refractivity contribution in [3.63, 3.8) is 0 Å². The van der Waals surface area contributed by atoms with E-state index in [1.54, 1.807) is 24.3 Å². The lowest BCUT2D eigenvalue weighted by Gasteiger charge is -2.23. The number of carbonyl (C=O) groups excluding carboxylic acids is 2. The Morgan fingerprint density at radius 1 is 0.762 bits per heavy atom. The predicted molar refractivity (Wildman–Crippen MR) is 182 cm³/mol. The molecule has 2 amide bonds. The van der Waals surface area contributed by atoms with E-state index >= 15 is 0 Å². The van der Waals surface area contributed by atoms with Crippen LogP contribution < -0.4 is 33.6 Å². The third kappa shape index (κ3) is 8.44. The number of thioether (sulfide) groups is 2. The van der Waals surface area contributed by atoms with Crippen molar-refractivity contribution in [1.29, 1.82) is 0 Å². The fraction of sp³-hybridized carbons (Fsp3) is 0.375. The highest BCUT2D eigenvalue weighted by Gasteiger charge is 2.22. The number of nitrogen functional groups attached to an aromatic ring is 2. The number of anilines is 4. The van der Waals surface area contributed by atoms with Gasteiger partial charge in [0.1, 0.15) is 0 Å². The number of nitrogens with two attached hydrogens (primary N) is 4. The summed E-state index contributed by atoms with van der Waals surface area (Å²) in [5, 5.41) is 6.06. The second-order valence-corrected chi connectivity index (χ2v) is 14.3. The Morgan fingerprint density at radius 3 is 1.81 bits per heavy atom. The standard InChI is InChI=1S/C32H44N6O2S2/c1-31(2,3)21-13-24(35)23(17-41-18-34)26(15-21)37-29(39)19-8-7-9-20(12-19)30(40)38-27-16-22(32(4,5)6)14-25(36)28(27)42-11-10-33/h7-9,12-16H,10-11,17-18,33-36H2,1-6H3,(H,37,39)(H,38,40). The zero-order valence-electron chi connectivity index (χ0n) is 25.4. The summed E-state index contributed by atoms with van der Waals surface area (Å²) in [6.07, 6.45) is 0. The van der Waals surface area contributed by atoms with Crippen LogP contribution in [0.25, 0.3) is 0 Å². The normalized spacial score (nSPS) is 11.8. The number of hydrogen-bond donors (Lipinski definition) is 6. The minimum atomic E-state index is -0.344. The number of rotatable bonds is 10. The van der Waals surface area contributed by atoms with Crippen LogP contribution >= 0.6 is 23.5 Å². The van der Waals surface area contributed by atoms with Gasteiger partial charge in [0, 0.05) is 57.7 Å². The monoisotopic (exact) mass is 608 g/mol. The highest BCUT2D eigenvalue weighted by Crippen LogP contribution is 2.38. The van der Waals surface area contributed by atoms with E-state index in [0.717, 1.165) is 21.6 Å². The fourth-order valence-electron chi connectivity index (χ4n) is 4.25. The molecule has 226 valence electrons. The van der Waals surface area contributed by atoms with Crippen molar-refractivity contribution in [3.05, 3.63) is 76.3 Å². The largest absolute Gasteiger partial charge is 0.398 e. The van der Waals surface area contributed by atoms with E-state index in [2.05, 4.69) is 52.2 Å². The van der Waals surface area contributed by atoms with Gasteiger partial charge in [-0.15, -0.1) is 23.5 Å². The van der Waals surface area contributed by atoms with E-state index < -0.39 is 0 Å². The number of carbonyl (C=O) groups is 2. The van der Waals surface area contributed by atoms with E-state index in [-0.39, 0.29) is 22.6 Å². The molecular formula is C32H44N6O2S2. The first-order valence-corrected chi connectivity index (χ1v) is 16.0. The molecule has 10 heteroatoms. The molecular weight excluding hydrogens is 565 g/mol. The van der Waals surface area contributed by atoms with Gasteiger partial charge in [0.05, 0.1) is 10.6 Å². The van der Waals surface area contributed by atoms with Crippen molar-refractivity contribution in [2.24, 2.45) is 11.5 Å². The molecule has 0 unspecified atom stereocenters. The Morgan fingerprint density at radius 2 is 1.29 bits per heavy atom. The van der Waals surface area contributed by atoms with Gasteiger partial charge in [-0.2, -0.15) is 0 Å². The second kappa shape index (κ2) is 13.9. The fourth-order valence-corrected chi connectivity index (χ4v) is 5.71. The molecule has 8 nitrogen and oxygen atoms in total. The molecule has 0 aliphatic carbocycles. The highest BCUT2D eigenvalue weighted by atomic mass is 32.2. The van der Waals surface area contributed by atoms with Gasteiger partial charge < -0.3 is 33.6 Å². The SMILES string of the molecule is CC(C)(C)c1cc(N)c(CSCN)c(NC(=O)c2cccc(C(=O)Nc3cc(C(C)(C)C)cc(N)c3SCCN)c2)c1.